The zero-order chi connectivity index (χ0) is 8.69. The second-order valence-electron chi connectivity index (χ2n) is 2.54. The number of allylic oxidation sites excluding steroid dienone is 1. The van der Waals surface area contributed by atoms with Crippen molar-refractivity contribution < 1.29 is 5.11 Å². The van der Waals surface area contributed by atoms with Crippen LogP contribution in [0.3, 0.4) is 0 Å². The minimum absolute atomic E-state index is 0.251. The summed E-state index contributed by atoms with van der Waals surface area (Å²) in [6.45, 7) is 9.11. The molecule has 0 aliphatic carbocycles. The monoisotopic (exact) mass is 152 g/mol. The van der Waals surface area contributed by atoms with E-state index in [2.05, 4.69) is 18.9 Å². The molecule has 0 fully saturated rings. The molecule has 0 aliphatic heterocycles. The van der Waals surface area contributed by atoms with Crippen LogP contribution in [-0.4, -0.2) is 11.2 Å². The normalized spacial score (nSPS) is 11.8. The molecular formula is C10H16O. The van der Waals surface area contributed by atoms with Crippen molar-refractivity contribution in [3.8, 4) is 0 Å². The lowest BCUT2D eigenvalue weighted by molar-refractivity contribution is 0.170. The van der Waals surface area contributed by atoms with Crippen molar-refractivity contribution in [3.05, 3.63) is 30.5 Å². The molecular weight excluding hydrogens is 136 g/mol. The van der Waals surface area contributed by atoms with Gasteiger partial charge in [-0.3, -0.25) is 0 Å². The van der Waals surface area contributed by atoms with Crippen molar-refractivity contribution in [1.82, 2.24) is 0 Å². The number of hydrogen-bond acceptors (Lipinski definition) is 1. The van der Waals surface area contributed by atoms with Crippen molar-refractivity contribution in [2.24, 2.45) is 0 Å². The van der Waals surface area contributed by atoms with Crippen LogP contribution in [0.2, 0.25) is 0 Å². The van der Waals surface area contributed by atoms with Crippen LogP contribution in [0.25, 0.3) is 0 Å². The average molecular weight is 152 g/mol. The van der Waals surface area contributed by atoms with E-state index >= 15 is 0 Å². The number of aliphatic hydroxyl groups excluding tert-OH is 1. The molecule has 0 rings (SSSR count). The first kappa shape index (κ1) is 10.2. The Morgan fingerprint density at radius 2 is 2.36 bits per heavy atom. The Bertz CT molecular complexity index is 164. The van der Waals surface area contributed by atoms with Gasteiger partial charge in [-0.05, 0) is 18.4 Å². The van der Waals surface area contributed by atoms with Crippen molar-refractivity contribution in [1.29, 1.82) is 0 Å². The van der Waals surface area contributed by atoms with Crippen molar-refractivity contribution in [2.45, 2.75) is 32.3 Å². The van der Waals surface area contributed by atoms with Crippen LogP contribution in [-0.2, 0) is 0 Å². The maximum Gasteiger partial charge on any atom is 0.0580 e. The lowest BCUT2D eigenvalue weighted by Gasteiger charge is -2.07. The molecule has 0 aromatic rings. The minimum atomic E-state index is -0.251. The lowest BCUT2D eigenvalue weighted by atomic mass is 10.0. The van der Waals surface area contributed by atoms with Crippen LogP contribution in [0.15, 0.2) is 30.5 Å². The van der Waals surface area contributed by atoms with E-state index in [0.29, 0.717) is 6.42 Å². The van der Waals surface area contributed by atoms with Gasteiger partial charge in [0.1, 0.15) is 0 Å². The average Bonchev–Trinajstić information content (AvgIpc) is 2.03. The van der Waals surface area contributed by atoms with Crippen LogP contribution in [0.5, 0.6) is 0 Å². The first-order valence-corrected chi connectivity index (χ1v) is 3.91. The van der Waals surface area contributed by atoms with Gasteiger partial charge in [0.15, 0.2) is 0 Å². The summed E-state index contributed by atoms with van der Waals surface area (Å²) in [6.07, 6.45) is 3.78. The molecule has 0 spiro atoms. The van der Waals surface area contributed by atoms with Gasteiger partial charge >= 0.3 is 0 Å². The van der Waals surface area contributed by atoms with Crippen LogP contribution in [0.1, 0.15) is 26.2 Å². The molecule has 0 saturated carbocycles. The van der Waals surface area contributed by atoms with Gasteiger partial charge in [-0.25, -0.2) is 0 Å². The molecule has 1 nitrogen and oxygen atoms in total. The predicted octanol–water partition coefficient (Wildman–Crippen LogP) is 2.43. The molecule has 62 valence electrons. The molecule has 1 heteroatoms. The Balaban J connectivity index is 3.88. The highest BCUT2D eigenvalue weighted by Crippen LogP contribution is 2.10. The summed E-state index contributed by atoms with van der Waals surface area (Å²) >= 11 is 0. The molecule has 1 N–H and O–H groups in total. The molecule has 0 aliphatic rings. The third-order valence-corrected chi connectivity index (χ3v) is 1.59. The summed E-state index contributed by atoms with van der Waals surface area (Å²) in [5.41, 5.74) is 3.84. The first-order chi connectivity index (χ1) is 5.24. The highest BCUT2D eigenvalue weighted by Gasteiger charge is 2.02. The molecule has 0 aromatic heterocycles. The Hall–Kier alpha value is -0.780. The van der Waals surface area contributed by atoms with Gasteiger partial charge in [0.25, 0.3) is 0 Å². The second kappa shape index (κ2) is 5.96. The van der Waals surface area contributed by atoms with Gasteiger partial charge in [-0.2, -0.15) is 0 Å². The fourth-order valence-electron chi connectivity index (χ4n) is 0.831. The first-order valence-electron chi connectivity index (χ1n) is 3.91. The van der Waals surface area contributed by atoms with Crippen LogP contribution in [0, 0.1) is 0 Å². The third kappa shape index (κ3) is 4.60. The maximum absolute atomic E-state index is 9.26. The smallest absolute Gasteiger partial charge is 0.0580 e. The highest BCUT2D eigenvalue weighted by atomic mass is 16.3. The van der Waals surface area contributed by atoms with E-state index in [-0.39, 0.29) is 6.10 Å². The number of hydrogen-bond donors (Lipinski definition) is 1. The van der Waals surface area contributed by atoms with Gasteiger partial charge in [0, 0.05) is 6.42 Å². The van der Waals surface area contributed by atoms with E-state index in [1.807, 2.05) is 6.92 Å². The molecule has 0 aromatic carbocycles. The molecule has 0 saturated heterocycles. The largest absolute Gasteiger partial charge is 0.393 e. The quantitative estimate of drug-likeness (QED) is 0.474. The fourth-order valence-corrected chi connectivity index (χ4v) is 0.831. The van der Waals surface area contributed by atoms with Gasteiger partial charge in [-0.15, -0.1) is 12.3 Å². The molecule has 0 heterocycles. The Kier molecular flexibility index (Phi) is 5.54. The van der Waals surface area contributed by atoms with Gasteiger partial charge in [0.05, 0.1) is 6.10 Å². The van der Waals surface area contributed by atoms with E-state index in [1.165, 1.54) is 0 Å². The van der Waals surface area contributed by atoms with E-state index in [1.54, 1.807) is 6.08 Å². The molecule has 1 atom stereocenters. The Morgan fingerprint density at radius 3 is 2.73 bits per heavy atom. The minimum Gasteiger partial charge on any atom is -0.393 e. The molecule has 11 heavy (non-hydrogen) atoms. The Morgan fingerprint density at radius 1 is 1.73 bits per heavy atom. The zero-order valence-electron chi connectivity index (χ0n) is 7.14. The van der Waals surface area contributed by atoms with E-state index in [9.17, 15) is 5.11 Å². The summed E-state index contributed by atoms with van der Waals surface area (Å²) in [5, 5.41) is 9.26. The van der Waals surface area contributed by atoms with Gasteiger partial charge < -0.3 is 5.11 Å². The topological polar surface area (TPSA) is 20.2 Å². The van der Waals surface area contributed by atoms with E-state index in [4.69, 9.17) is 0 Å². The summed E-state index contributed by atoms with van der Waals surface area (Å²) in [5.74, 6) is 0. The Labute approximate surface area is 68.7 Å². The standard InChI is InChI=1S/C10H16O/c1-4-7-9(5-2)8-10(11)6-3/h4,10-11H,1-2,6-8H2,3H3. The van der Waals surface area contributed by atoms with E-state index < -0.39 is 0 Å². The van der Waals surface area contributed by atoms with Crippen LogP contribution < -0.4 is 0 Å². The van der Waals surface area contributed by atoms with Crippen LogP contribution in [0.4, 0.5) is 0 Å². The van der Waals surface area contributed by atoms with Crippen molar-refractivity contribution >= 4 is 0 Å². The SMILES string of the molecule is C=C=C(CC=C)CC(O)CC. The van der Waals surface area contributed by atoms with E-state index in [0.717, 1.165) is 18.4 Å². The summed E-state index contributed by atoms with van der Waals surface area (Å²) in [4.78, 5) is 0. The molecule has 1 unspecified atom stereocenters. The molecule has 0 radical (unpaired) electrons. The number of rotatable bonds is 5. The van der Waals surface area contributed by atoms with Gasteiger partial charge in [-0.1, -0.05) is 19.6 Å². The lowest BCUT2D eigenvalue weighted by Crippen LogP contribution is -2.04. The predicted molar refractivity (Wildman–Crippen MR) is 48.4 cm³/mol. The highest BCUT2D eigenvalue weighted by molar-refractivity contribution is 5.04. The molecule has 0 amide bonds. The fraction of sp³-hybridized carbons (Fsp3) is 0.500. The summed E-state index contributed by atoms with van der Waals surface area (Å²) in [6, 6.07) is 0. The number of aliphatic hydroxyl groups is 1. The zero-order valence-corrected chi connectivity index (χ0v) is 7.14. The van der Waals surface area contributed by atoms with Crippen molar-refractivity contribution in [3.63, 3.8) is 0 Å². The maximum atomic E-state index is 9.26. The third-order valence-electron chi connectivity index (χ3n) is 1.59. The second-order valence-corrected chi connectivity index (χ2v) is 2.54. The van der Waals surface area contributed by atoms with Gasteiger partial charge in [0.2, 0.25) is 0 Å². The summed E-state index contributed by atoms with van der Waals surface area (Å²) < 4.78 is 0. The van der Waals surface area contributed by atoms with Crippen molar-refractivity contribution in [2.75, 3.05) is 0 Å². The summed E-state index contributed by atoms with van der Waals surface area (Å²) in [7, 11) is 0. The molecule has 0 bridgehead atoms. The van der Waals surface area contributed by atoms with Crippen LogP contribution >= 0.6 is 0 Å².